The third-order valence-corrected chi connectivity index (χ3v) is 3.44. The van der Waals surface area contributed by atoms with Crippen molar-refractivity contribution in [1.29, 1.82) is 0 Å². The second-order valence-electron chi connectivity index (χ2n) is 5.00. The topological polar surface area (TPSA) is 20.3 Å². The summed E-state index contributed by atoms with van der Waals surface area (Å²) in [7, 11) is 1.95. The Labute approximate surface area is 119 Å². The molecule has 1 atom stereocenters. The minimum Gasteiger partial charge on any atom is -0.296 e. The molecule has 18 heavy (non-hydrogen) atoms. The molecule has 1 aromatic rings. The van der Waals surface area contributed by atoms with E-state index in [4.69, 9.17) is 23.2 Å². The molecule has 0 fully saturated rings. The highest BCUT2D eigenvalue weighted by Gasteiger charge is 2.22. The molecule has 1 unspecified atom stereocenters. The predicted molar refractivity (Wildman–Crippen MR) is 77.7 cm³/mol. The molecule has 0 aliphatic rings. The fourth-order valence-corrected chi connectivity index (χ4v) is 2.35. The summed E-state index contributed by atoms with van der Waals surface area (Å²) >= 11 is 11.9. The van der Waals surface area contributed by atoms with Crippen LogP contribution in [0.3, 0.4) is 0 Å². The van der Waals surface area contributed by atoms with Gasteiger partial charge in [-0.1, -0.05) is 37.0 Å². The fraction of sp³-hybridized carbons (Fsp3) is 0.500. The molecule has 0 N–H and O–H groups in total. The van der Waals surface area contributed by atoms with Gasteiger partial charge in [0.05, 0.1) is 11.1 Å². The lowest BCUT2D eigenvalue weighted by molar-refractivity contribution is 0.0858. The Morgan fingerprint density at radius 2 is 1.89 bits per heavy atom. The van der Waals surface area contributed by atoms with Gasteiger partial charge in [-0.2, -0.15) is 0 Å². The Morgan fingerprint density at radius 1 is 1.28 bits per heavy atom. The molecule has 0 amide bonds. The SMILES string of the molecule is CC(C)CN(C)C(C)C(=O)c1ccc(Cl)cc1Cl. The van der Waals surface area contributed by atoms with Gasteiger partial charge in [-0.3, -0.25) is 9.69 Å². The molecule has 1 rings (SSSR count). The number of hydrogen-bond donors (Lipinski definition) is 0. The number of ketones is 1. The van der Waals surface area contributed by atoms with Crippen molar-refractivity contribution in [2.45, 2.75) is 26.8 Å². The minimum atomic E-state index is -0.189. The number of likely N-dealkylation sites (N-methyl/N-ethyl adjacent to an activating group) is 1. The van der Waals surface area contributed by atoms with E-state index >= 15 is 0 Å². The number of nitrogens with zero attached hydrogens (tertiary/aromatic N) is 1. The van der Waals surface area contributed by atoms with Crippen LogP contribution >= 0.6 is 23.2 Å². The van der Waals surface area contributed by atoms with Gasteiger partial charge in [0.1, 0.15) is 0 Å². The Hall–Kier alpha value is -0.570. The first-order valence-corrected chi connectivity index (χ1v) is 6.78. The highest BCUT2D eigenvalue weighted by Crippen LogP contribution is 2.23. The summed E-state index contributed by atoms with van der Waals surface area (Å²) in [5.41, 5.74) is 0.532. The zero-order valence-corrected chi connectivity index (χ0v) is 12.7. The third-order valence-electron chi connectivity index (χ3n) is 2.89. The smallest absolute Gasteiger partial charge is 0.181 e. The van der Waals surface area contributed by atoms with Crippen molar-refractivity contribution in [1.82, 2.24) is 4.90 Å². The van der Waals surface area contributed by atoms with Crippen molar-refractivity contribution >= 4 is 29.0 Å². The van der Waals surface area contributed by atoms with Crippen LogP contribution in [0.4, 0.5) is 0 Å². The monoisotopic (exact) mass is 287 g/mol. The molecule has 0 bridgehead atoms. The highest BCUT2D eigenvalue weighted by atomic mass is 35.5. The molecule has 0 aromatic heterocycles. The normalized spacial score (nSPS) is 13.1. The van der Waals surface area contributed by atoms with Gasteiger partial charge < -0.3 is 0 Å². The van der Waals surface area contributed by atoms with Gasteiger partial charge in [0, 0.05) is 17.1 Å². The summed E-state index contributed by atoms with van der Waals surface area (Å²) in [5, 5.41) is 0.956. The predicted octanol–water partition coefficient (Wildman–Crippen LogP) is 4.15. The summed E-state index contributed by atoms with van der Waals surface area (Å²) in [6.45, 7) is 7.03. The zero-order valence-electron chi connectivity index (χ0n) is 11.2. The second kappa shape index (κ2) is 6.55. The van der Waals surface area contributed by atoms with E-state index in [1.165, 1.54) is 0 Å². The Kier molecular flexibility index (Phi) is 5.64. The standard InChI is InChI=1S/C14H19Cl2NO/c1-9(2)8-17(4)10(3)14(18)12-6-5-11(15)7-13(12)16/h5-7,9-10H,8H2,1-4H3. The van der Waals surface area contributed by atoms with Crippen LogP contribution in [0.15, 0.2) is 18.2 Å². The van der Waals surface area contributed by atoms with Gasteiger partial charge in [-0.25, -0.2) is 0 Å². The average molecular weight is 288 g/mol. The number of carbonyl (C=O) groups is 1. The maximum absolute atomic E-state index is 12.3. The van der Waals surface area contributed by atoms with E-state index in [0.717, 1.165) is 6.54 Å². The maximum atomic E-state index is 12.3. The second-order valence-corrected chi connectivity index (χ2v) is 5.84. The lowest BCUT2D eigenvalue weighted by atomic mass is 10.0. The fourth-order valence-electron chi connectivity index (χ4n) is 1.85. The lowest BCUT2D eigenvalue weighted by Crippen LogP contribution is -2.38. The summed E-state index contributed by atoms with van der Waals surface area (Å²) in [4.78, 5) is 14.4. The van der Waals surface area contributed by atoms with Crippen molar-refractivity contribution in [3.05, 3.63) is 33.8 Å². The number of hydrogen-bond acceptors (Lipinski definition) is 2. The van der Waals surface area contributed by atoms with Crippen molar-refractivity contribution in [2.24, 2.45) is 5.92 Å². The summed E-state index contributed by atoms with van der Waals surface area (Å²) in [5.74, 6) is 0.547. The molecule has 0 radical (unpaired) electrons. The van der Waals surface area contributed by atoms with Crippen LogP contribution in [0, 0.1) is 5.92 Å². The maximum Gasteiger partial charge on any atom is 0.181 e. The van der Waals surface area contributed by atoms with Gasteiger partial charge in [0.25, 0.3) is 0 Å². The third kappa shape index (κ3) is 3.98. The van der Waals surface area contributed by atoms with E-state index < -0.39 is 0 Å². The van der Waals surface area contributed by atoms with E-state index in [-0.39, 0.29) is 11.8 Å². The van der Waals surface area contributed by atoms with E-state index in [9.17, 15) is 4.79 Å². The van der Waals surface area contributed by atoms with Crippen LogP contribution in [0.5, 0.6) is 0 Å². The van der Waals surface area contributed by atoms with Gasteiger partial charge in [0.2, 0.25) is 0 Å². The van der Waals surface area contributed by atoms with Gasteiger partial charge >= 0.3 is 0 Å². The van der Waals surface area contributed by atoms with E-state index in [1.54, 1.807) is 18.2 Å². The Morgan fingerprint density at radius 3 is 2.39 bits per heavy atom. The largest absolute Gasteiger partial charge is 0.296 e. The Bertz CT molecular complexity index is 432. The first kappa shape index (κ1) is 15.5. The number of halogens is 2. The van der Waals surface area contributed by atoms with Crippen molar-refractivity contribution in [2.75, 3.05) is 13.6 Å². The van der Waals surface area contributed by atoms with E-state index in [0.29, 0.717) is 21.5 Å². The van der Waals surface area contributed by atoms with Gasteiger partial charge in [0.15, 0.2) is 5.78 Å². The first-order chi connectivity index (χ1) is 8.32. The molecule has 0 spiro atoms. The summed E-state index contributed by atoms with van der Waals surface area (Å²) in [6, 6.07) is 4.79. The van der Waals surface area contributed by atoms with Crippen molar-refractivity contribution < 1.29 is 4.79 Å². The Balaban J connectivity index is 2.86. The van der Waals surface area contributed by atoms with Crippen LogP contribution < -0.4 is 0 Å². The van der Waals surface area contributed by atoms with Crippen LogP contribution in [0.1, 0.15) is 31.1 Å². The first-order valence-electron chi connectivity index (χ1n) is 6.02. The summed E-state index contributed by atoms with van der Waals surface area (Å²) < 4.78 is 0. The molecule has 100 valence electrons. The molecule has 0 saturated heterocycles. The molecule has 0 aliphatic carbocycles. The quantitative estimate of drug-likeness (QED) is 0.758. The molecule has 0 heterocycles. The van der Waals surface area contributed by atoms with Crippen LogP contribution in [-0.2, 0) is 0 Å². The molecule has 1 aromatic carbocycles. The van der Waals surface area contributed by atoms with E-state index in [1.807, 2.05) is 18.9 Å². The van der Waals surface area contributed by atoms with Gasteiger partial charge in [-0.15, -0.1) is 0 Å². The van der Waals surface area contributed by atoms with Crippen LogP contribution in [-0.4, -0.2) is 30.3 Å². The average Bonchev–Trinajstić information content (AvgIpc) is 2.26. The molecule has 4 heteroatoms. The number of rotatable bonds is 5. The van der Waals surface area contributed by atoms with E-state index in [2.05, 4.69) is 13.8 Å². The van der Waals surface area contributed by atoms with Crippen LogP contribution in [0.25, 0.3) is 0 Å². The molecule has 2 nitrogen and oxygen atoms in total. The number of Topliss-reactive ketones (excluding diaryl/α,β-unsaturated/α-hetero) is 1. The summed E-state index contributed by atoms with van der Waals surface area (Å²) in [6.07, 6.45) is 0. The van der Waals surface area contributed by atoms with Crippen molar-refractivity contribution in [3.8, 4) is 0 Å². The molecular formula is C14H19Cl2NO. The molecular weight excluding hydrogens is 269 g/mol. The number of carbonyl (C=O) groups excluding carboxylic acids is 1. The highest BCUT2D eigenvalue weighted by molar-refractivity contribution is 6.37. The minimum absolute atomic E-state index is 0.0276. The molecule has 0 saturated carbocycles. The number of benzene rings is 1. The van der Waals surface area contributed by atoms with Crippen molar-refractivity contribution in [3.63, 3.8) is 0 Å². The zero-order chi connectivity index (χ0) is 13.9. The lowest BCUT2D eigenvalue weighted by Gasteiger charge is -2.25. The van der Waals surface area contributed by atoms with Gasteiger partial charge in [-0.05, 0) is 38.1 Å². The van der Waals surface area contributed by atoms with Crippen LogP contribution in [0.2, 0.25) is 10.0 Å². The molecule has 0 aliphatic heterocycles.